The Hall–Kier alpha value is -3.06. The molecule has 1 aliphatic heterocycles. The monoisotopic (exact) mass is 372 g/mol. The SMILES string of the molecule is C#N.Nc1cc(Nc2ncc(F)c3nc(N4CCCCC4)sc23)ncn1. The van der Waals surface area contributed by atoms with Crippen molar-refractivity contribution < 1.29 is 4.39 Å². The number of nitrogen functional groups attached to an aromatic ring is 1. The van der Waals surface area contributed by atoms with Gasteiger partial charge in [-0.2, -0.15) is 0 Å². The molecule has 0 aliphatic carbocycles. The van der Waals surface area contributed by atoms with Crippen LogP contribution in [0.2, 0.25) is 0 Å². The smallest absolute Gasteiger partial charge is 0.186 e. The van der Waals surface area contributed by atoms with Crippen LogP contribution in [0.25, 0.3) is 10.2 Å². The fourth-order valence-electron chi connectivity index (χ4n) is 2.74. The van der Waals surface area contributed by atoms with E-state index in [1.165, 1.54) is 30.3 Å². The first-order chi connectivity index (χ1) is 12.7. The molecular weight excluding hydrogens is 355 g/mol. The lowest BCUT2D eigenvalue weighted by molar-refractivity contribution is 0.576. The number of piperidine rings is 1. The summed E-state index contributed by atoms with van der Waals surface area (Å²) in [7, 11) is 0. The minimum Gasteiger partial charge on any atom is -0.384 e. The molecule has 3 N–H and O–H groups in total. The average Bonchev–Trinajstić information content (AvgIpc) is 3.13. The molecule has 4 rings (SSSR count). The molecule has 1 saturated heterocycles. The Kier molecular flexibility index (Phi) is 5.38. The van der Waals surface area contributed by atoms with Gasteiger partial charge in [0.05, 0.1) is 6.20 Å². The van der Waals surface area contributed by atoms with Crippen LogP contribution >= 0.6 is 11.3 Å². The molecule has 0 saturated carbocycles. The maximum atomic E-state index is 14.1. The van der Waals surface area contributed by atoms with Crippen molar-refractivity contribution in [2.24, 2.45) is 0 Å². The highest BCUT2D eigenvalue weighted by atomic mass is 32.1. The van der Waals surface area contributed by atoms with Gasteiger partial charge in [0, 0.05) is 25.7 Å². The zero-order chi connectivity index (χ0) is 18.5. The van der Waals surface area contributed by atoms with Gasteiger partial charge in [0.1, 0.15) is 28.2 Å². The van der Waals surface area contributed by atoms with Gasteiger partial charge < -0.3 is 16.0 Å². The summed E-state index contributed by atoms with van der Waals surface area (Å²) in [6.45, 7) is 5.42. The van der Waals surface area contributed by atoms with Crippen molar-refractivity contribution in [3.8, 4) is 6.57 Å². The van der Waals surface area contributed by atoms with E-state index in [0.717, 1.165) is 31.1 Å². The third-order valence-corrected chi connectivity index (χ3v) is 5.05. The third-order valence-electron chi connectivity index (χ3n) is 3.93. The largest absolute Gasteiger partial charge is 0.384 e. The summed E-state index contributed by atoms with van der Waals surface area (Å²) in [6, 6.07) is 1.60. The number of nitrogens with zero attached hydrogens (tertiary/aromatic N) is 6. The standard InChI is InChI=1S/C15H16FN7S.CHN/c16-9-7-18-14(21-11-6-10(17)19-8-20-11)13-12(9)22-15(24-13)23-4-2-1-3-5-23;1-2/h6-8H,1-5H2,(H3,17,18,19,20,21);1H. The van der Waals surface area contributed by atoms with Crippen LogP contribution in [-0.4, -0.2) is 33.0 Å². The molecule has 1 fully saturated rings. The van der Waals surface area contributed by atoms with E-state index in [1.807, 2.05) is 0 Å². The molecule has 0 unspecified atom stereocenters. The van der Waals surface area contributed by atoms with E-state index >= 15 is 0 Å². The van der Waals surface area contributed by atoms with Gasteiger partial charge in [-0.05, 0) is 19.3 Å². The molecule has 0 amide bonds. The first kappa shape index (κ1) is 17.8. The van der Waals surface area contributed by atoms with Crippen LogP contribution in [0.1, 0.15) is 19.3 Å². The lowest BCUT2D eigenvalue weighted by atomic mass is 10.1. The van der Waals surface area contributed by atoms with Gasteiger partial charge in [-0.1, -0.05) is 11.3 Å². The van der Waals surface area contributed by atoms with E-state index in [4.69, 9.17) is 11.0 Å². The summed E-state index contributed by atoms with van der Waals surface area (Å²) in [5.41, 5.74) is 6.00. The number of nitriles is 1. The van der Waals surface area contributed by atoms with Gasteiger partial charge in [0.25, 0.3) is 0 Å². The summed E-state index contributed by atoms with van der Waals surface area (Å²) in [5, 5.41) is 10.4. The van der Waals surface area contributed by atoms with Crippen molar-refractivity contribution in [3.63, 3.8) is 0 Å². The van der Waals surface area contributed by atoms with Crippen LogP contribution in [0.15, 0.2) is 18.6 Å². The summed E-state index contributed by atoms with van der Waals surface area (Å²) in [4.78, 5) is 18.8. The van der Waals surface area contributed by atoms with Crippen LogP contribution in [-0.2, 0) is 0 Å². The number of pyridine rings is 1. The number of hydrogen-bond acceptors (Lipinski definition) is 9. The number of halogens is 1. The van der Waals surface area contributed by atoms with Crippen molar-refractivity contribution in [3.05, 3.63) is 24.4 Å². The third kappa shape index (κ3) is 3.62. The zero-order valence-corrected chi connectivity index (χ0v) is 14.7. The maximum absolute atomic E-state index is 14.1. The second-order valence-electron chi connectivity index (χ2n) is 5.63. The first-order valence-corrected chi connectivity index (χ1v) is 8.83. The molecule has 4 heterocycles. The number of nitrogens with one attached hydrogen (secondary N) is 1. The van der Waals surface area contributed by atoms with Crippen molar-refractivity contribution >= 4 is 44.1 Å². The van der Waals surface area contributed by atoms with Gasteiger partial charge in [0.2, 0.25) is 0 Å². The molecule has 3 aromatic heterocycles. The predicted molar refractivity (Wildman–Crippen MR) is 99.8 cm³/mol. The number of nitrogens with two attached hydrogens (primary N) is 1. The van der Waals surface area contributed by atoms with Crippen molar-refractivity contribution in [1.82, 2.24) is 19.9 Å². The second-order valence-corrected chi connectivity index (χ2v) is 6.61. The maximum Gasteiger partial charge on any atom is 0.186 e. The molecule has 0 spiro atoms. The molecule has 0 aromatic carbocycles. The number of fused-ring (bicyclic) bond motifs is 1. The van der Waals surface area contributed by atoms with Gasteiger partial charge in [-0.25, -0.2) is 29.6 Å². The fourth-order valence-corrected chi connectivity index (χ4v) is 3.82. The van der Waals surface area contributed by atoms with Gasteiger partial charge >= 0.3 is 0 Å². The number of anilines is 4. The molecule has 26 heavy (non-hydrogen) atoms. The van der Waals surface area contributed by atoms with Crippen molar-refractivity contribution in [2.75, 3.05) is 29.0 Å². The summed E-state index contributed by atoms with van der Waals surface area (Å²) >= 11 is 1.44. The normalized spacial score (nSPS) is 13.9. The Labute approximate surface area is 153 Å². The predicted octanol–water partition coefficient (Wildman–Crippen LogP) is 3.08. The van der Waals surface area contributed by atoms with E-state index in [-0.39, 0.29) is 0 Å². The molecule has 1 aliphatic rings. The van der Waals surface area contributed by atoms with Gasteiger partial charge in [-0.3, -0.25) is 0 Å². The van der Waals surface area contributed by atoms with Crippen molar-refractivity contribution in [2.45, 2.75) is 19.3 Å². The minimum atomic E-state index is -0.419. The summed E-state index contributed by atoms with van der Waals surface area (Å²) in [6.07, 6.45) is 6.06. The van der Waals surface area contributed by atoms with E-state index in [0.29, 0.717) is 27.7 Å². The molecular formula is C16H17FN8S. The van der Waals surface area contributed by atoms with Crippen LogP contribution < -0.4 is 16.0 Å². The highest BCUT2D eigenvalue weighted by molar-refractivity contribution is 7.22. The molecule has 134 valence electrons. The van der Waals surface area contributed by atoms with Gasteiger partial charge in [0.15, 0.2) is 16.8 Å². The highest BCUT2D eigenvalue weighted by Crippen LogP contribution is 2.36. The number of hydrogen-bond donors (Lipinski definition) is 2. The number of aromatic nitrogens is 4. The molecule has 0 radical (unpaired) electrons. The molecule has 10 heteroatoms. The number of rotatable bonds is 3. The minimum absolute atomic E-state index is 0.333. The molecule has 0 bridgehead atoms. The topological polar surface area (TPSA) is 117 Å². The van der Waals surface area contributed by atoms with E-state index in [1.54, 1.807) is 6.07 Å². The quantitative estimate of drug-likeness (QED) is 0.720. The number of thiazole rings is 1. The second kappa shape index (κ2) is 7.88. The average molecular weight is 372 g/mol. The van der Waals surface area contributed by atoms with Crippen molar-refractivity contribution in [1.29, 1.82) is 5.26 Å². The Bertz CT molecular complexity index is 919. The van der Waals surface area contributed by atoms with Gasteiger partial charge in [-0.15, -0.1) is 0 Å². The molecule has 8 nitrogen and oxygen atoms in total. The molecule has 0 atom stereocenters. The highest BCUT2D eigenvalue weighted by Gasteiger charge is 2.19. The Balaban J connectivity index is 0.000000948. The van der Waals surface area contributed by atoms with E-state index in [9.17, 15) is 4.39 Å². The molecule has 3 aromatic rings. The van der Waals surface area contributed by atoms with Crippen LogP contribution in [0.5, 0.6) is 0 Å². The van der Waals surface area contributed by atoms with E-state index < -0.39 is 5.82 Å². The Morgan fingerprint density at radius 2 is 1.96 bits per heavy atom. The Morgan fingerprint density at radius 3 is 2.69 bits per heavy atom. The Morgan fingerprint density at radius 1 is 1.19 bits per heavy atom. The summed E-state index contributed by atoms with van der Waals surface area (Å²) in [5.74, 6) is 0.961. The van der Waals surface area contributed by atoms with Crippen LogP contribution in [0.4, 0.5) is 27.0 Å². The zero-order valence-electron chi connectivity index (χ0n) is 13.9. The van der Waals surface area contributed by atoms with Crippen LogP contribution in [0, 0.1) is 17.7 Å². The lowest BCUT2D eigenvalue weighted by Gasteiger charge is -2.25. The lowest BCUT2D eigenvalue weighted by Crippen LogP contribution is -2.29. The van der Waals surface area contributed by atoms with E-state index in [2.05, 4.69) is 36.7 Å². The van der Waals surface area contributed by atoms with Crippen LogP contribution in [0.3, 0.4) is 0 Å². The first-order valence-electron chi connectivity index (χ1n) is 8.01. The summed E-state index contributed by atoms with van der Waals surface area (Å²) < 4.78 is 14.8. The fraction of sp³-hybridized carbons (Fsp3) is 0.312.